The van der Waals surface area contributed by atoms with Crippen molar-refractivity contribution in [2.24, 2.45) is 0 Å². The lowest BCUT2D eigenvalue weighted by atomic mass is 10.1. The van der Waals surface area contributed by atoms with E-state index >= 15 is 0 Å². The summed E-state index contributed by atoms with van der Waals surface area (Å²) < 4.78 is 5.83. The van der Waals surface area contributed by atoms with E-state index in [0.717, 1.165) is 25.7 Å². The summed E-state index contributed by atoms with van der Waals surface area (Å²) in [4.78, 5) is 2.67. The molecule has 0 aromatic heterocycles. The molecule has 0 aromatic carbocycles. The Morgan fingerprint density at radius 1 is 1.18 bits per heavy atom. The molecule has 2 aliphatic rings. The Morgan fingerprint density at radius 3 is 2.53 bits per heavy atom. The Bertz CT molecular complexity index is 224. The predicted octanol–water partition coefficient (Wildman–Crippen LogP) is 2.02. The standard InChI is InChI=1S/C14H28N2O/c1-4-8-15-13-6-5-7-14(13)16-9-11(2)17-12(3)10-16/h11-15H,4-10H2,1-3H3. The zero-order chi connectivity index (χ0) is 12.3. The van der Waals surface area contributed by atoms with Crippen LogP contribution >= 0.6 is 0 Å². The molecule has 0 bridgehead atoms. The van der Waals surface area contributed by atoms with Crippen LogP contribution in [0.1, 0.15) is 46.5 Å². The summed E-state index contributed by atoms with van der Waals surface area (Å²) in [5.74, 6) is 0. The molecule has 0 aromatic rings. The number of morpholine rings is 1. The summed E-state index contributed by atoms with van der Waals surface area (Å²) in [6, 6.07) is 1.46. The highest BCUT2D eigenvalue weighted by atomic mass is 16.5. The first-order chi connectivity index (χ1) is 8.20. The molecule has 2 fully saturated rings. The predicted molar refractivity (Wildman–Crippen MR) is 71.3 cm³/mol. The number of ether oxygens (including phenoxy) is 1. The minimum Gasteiger partial charge on any atom is -0.373 e. The molecule has 3 heteroatoms. The highest BCUT2D eigenvalue weighted by Crippen LogP contribution is 2.27. The zero-order valence-corrected chi connectivity index (χ0v) is 11.6. The molecular formula is C14H28N2O. The highest BCUT2D eigenvalue weighted by molar-refractivity contribution is 4.92. The molecule has 3 nitrogen and oxygen atoms in total. The number of rotatable bonds is 4. The van der Waals surface area contributed by atoms with Crippen LogP contribution in [-0.4, -0.2) is 48.8 Å². The Balaban J connectivity index is 1.90. The van der Waals surface area contributed by atoms with Crippen LogP contribution in [0.15, 0.2) is 0 Å². The minimum atomic E-state index is 0.395. The Morgan fingerprint density at radius 2 is 1.88 bits per heavy atom. The summed E-state index contributed by atoms with van der Waals surface area (Å²) in [7, 11) is 0. The largest absolute Gasteiger partial charge is 0.373 e. The maximum Gasteiger partial charge on any atom is 0.0678 e. The van der Waals surface area contributed by atoms with E-state index in [1.165, 1.54) is 25.7 Å². The van der Waals surface area contributed by atoms with E-state index < -0.39 is 0 Å². The smallest absolute Gasteiger partial charge is 0.0678 e. The van der Waals surface area contributed by atoms with Gasteiger partial charge in [0.15, 0.2) is 0 Å². The van der Waals surface area contributed by atoms with Gasteiger partial charge in [-0.2, -0.15) is 0 Å². The molecular weight excluding hydrogens is 212 g/mol. The Hall–Kier alpha value is -0.120. The summed E-state index contributed by atoms with van der Waals surface area (Å²) >= 11 is 0. The number of nitrogens with zero attached hydrogens (tertiary/aromatic N) is 1. The number of hydrogen-bond donors (Lipinski definition) is 1. The van der Waals surface area contributed by atoms with E-state index in [1.807, 2.05) is 0 Å². The summed E-state index contributed by atoms with van der Waals surface area (Å²) in [5, 5.41) is 3.73. The molecule has 1 N–H and O–H groups in total. The van der Waals surface area contributed by atoms with E-state index in [0.29, 0.717) is 18.2 Å². The lowest BCUT2D eigenvalue weighted by molar-refractivity contribution is -0.0821. The van der Waals surface area contributed by atoms with Crippen LogP contribution in [0.25, 0.3) is 0 Å². The van der Waals surface area contributed by atoms with Gasteiger partial charge in [0.2, 0.25) is 0 Å². The quantitative estimate of drug-likeness (QED) is 0.813. The first kappa shape index (κ1) is 13.3. The van der Waals surface area contributed by atoms with Crippen LogP contribution in [0.5, 0.6) is 0 Å². The van der Waals surface area contributed by atoms with Crippen molar-refractivity contribution in [2.45, 2.75) is 70.7 Å². The molecule has 100 valence electrons. The normalized spacial score (nSPS) is 39.7. The van der Waals surface area contributed by atoms with Crippen molar-refractivity contribution >= 4 is 0 Å². The number of hydrogen-bond acceptors (Lipinski definition) is 3. The third kappa shape index (κ3) is 3.43. The van der Waals surface area contributed by atoms with Crippen LogP contribution in [0.2, 0.25) is 0 Å². The third-order valence-electron chi connectivity index (χ3n) is 4.05. The van der Waals surface area contributed by atoms with Gasteiger partial charge >= 0.3 is 0 Å². The van der Waals surface area contributed by atoms with Crippen LogP contribution in [-0.2, 0) is 4.74 Å². The van der Waals surface area contributed by atoms with E-state index in [1.54, 1.807) is 0 Å². The molecule has 1 saturated heterocycles. The maximum absolute atomic E-state index is 5.83. The van der Waals surface area contributed by atoms with Gasteiger partial charge in [0.05, 0.1) is 12.2 Å². The second kappa shape index (κ2) is 6.17. The summed E-state index contributed by atoms with van der Waals surface area (Å²) in [5.41, 5.74) is 0. The second-order valence-electron chi connectivity index (χ2n) is 5.77. The Kier molecular flexibility index (Phi) is 4.83. The monoisotopic (exact) mass is 240 g/mol. The molecule has 1 aliphatic heterocycles. The van der Waals surface area contributed by atoms with Crippen molar-refractivity contribution in [3.05, 3.63) is 0 Å². The van der Waals surface area contributed by atoms with Gasteiger partial charge in [0, 0.05) is 25.2 Å². The molecule has 2 rings (SSSR count). The molecule has 1 aliphatic carbocycles. The van der Waals surface area contributed by atoms with Crippen molar-refractivity contribution in [1.82, 2.24) is 10.2 Å². The third-order valence-corrected chi connectivity index (χ3v) is 4.05. The van der Waals surface area contributed by atoms with Crippen LogP contribution < -0.4 is 5.32 Å². The molecule has 4 unspecified atom stereocenters. The van der Waals surface area contributed by atoms with E-state index in [9.17, 15) is 0 Å². The molecule has 1 saturated carbocycles. The van der Waals surface area contributed by atoms with Crippen LogP contribution in [0, 0.1) is 0 Å². The molecule has 0 spiro atoms. The average Bonchev–Trinajstić information content (AvgIpc) is 2.73. The fourth-order valence-electron chi connectivity index (χ4n) is 3.43. The first-order valence-electron chi connectivity index (χ1n) is 7.33. The maximum atomic E-state index is 5.83. The molecule has 1 heterocycles. The van der Waals surface area contributed by atoms with E-state index in [2.05, 4.69) is 31.0 Å². The van der Waals surface area contributed by atoms with Gasteiger partial charge in [-0.3, -0.25) is 4.90 Å². The summed E-state index contributed by atoms with van der Waals surface area (Å²) in [6.45, 7) is 10.0. The first-order valence-corrected chi connectivity index (χ1v) is 7.33. The lowest BCUT2D eigenvalue weighted by Gasteiger charge is -2.41. The zero-order valence-electron chi connectivity index (χ0n) is 11.6. The second-order valence-corrected chi connectivity index (χ2v) is 5.77. The van der Waals surface area contributed by atoms with Gasteiger partial charge in [0.1, 0.15) is 0 Å². The molecule has 0 radical (unpaired) electrons. The van der Waals surface area contributed by atoms with Gasteiger partial charge in [-0.25, -0.2) is 0 Å². The SMILES string of the molecule is CCCNC1CCCC1N1CC(C)OC(C)C1. The highest BCUT2D eigenvalue weighted by Gasteiger charge is 2.35. The average molecular weight is 240 g/mol. The lowest BCUT2D eigenvalue weighted by Crippen LogP contribution is -2.54. The van der Waals surface area contributed by atoms with Crippen molar-refractivity contribution in [3.63, 3.8) is 0 Å². The summed E-state index contributed by atoms with van der Waals surface area (Å²) in [6.07, 6.45) is 6.12. The van der Waals surface area contributed by atoms with Crippen molar-refractivity contribution in [2.75, 3.05) is 19.6 Å². The van der Waals surface area contributed by atoms with E-state index in [4.69, 9.17) is 4.74 Å². The topological polar surface area (TPSA) is 24.5 Å². The Labute approximate surface area is 106 Å². The molecule has 4 atom stereocenters. The van der Waals surface area contributed by atoms with Crippen LogP contribution in [0.3, 0.4) is 0 Å². The number of nitrogens with one attached hydrogen (secondary N) is 1. The molecule has 17 heavy (non-hydrogen) atoms. The minimum absolute atomic E-state index is 0.395. The van der Waals surface area contributed by atoms with Crippen molar-refractivity contribution in [3.8, 4) is 0 Å². The van der Waals surface area contributed by atoms with Gasteiger partial charge in [-0.05, 0) is 39.7 Å². The van der Waals surface area contributed by atoms with Gasteiger partial charge in [-0.15, -0.1) is 0 Å². The molecule has 0 amide bonds. The van der Waals surface area contributed by atoms with Gasteiger partial charge in [-0.1, -0.05) is 13.3 Å². The van der Waals surface area contributed by atoms with Gasteiger partial charge in [0.25, 0.3) is 0 Å². The van der Waals surface area contributed by atoms with Crippen molar-refractivity contribution in [1.29, 1.82) is 0 Å². The van der Waals surface area contributed by atoms with Crippen molar-refractivity contribution < 1.29 is 4.74 Å². The van der Waals surface area contributed by atoms with E-state index in [-0.39, 0.29) is 0 Å². The van der Waals surface area contributed by atoms with Crippen LogP contribution in [0.4, 0.5) is 0 Å². The fraction of sp³-hybridized carbons (Fsp3) is 1.00. The fourth-order valence-corrected chi connectivity index (χ4v) is 3.43. The van der Waals surface area contributed by atoms with Gasteiger partial charge < -0.3 is 10.1 Å².